The zero-order valence-corrected chi connectivity index (χ0v) is 22.0. The molecule has 7 nitrogen and oxygen atoms in total. The highest BCUT2D eigenvalue weighted by Gasteiger charge is 2.37. The van der Waals surface area contributed by atoms with E-state index in [2.05, 4.69) is 11.9 Å². The number of benzene rings is 3. The van der Waals surface area contributed by atoms with Crippen LogP contribution in [0.5, 0.6) is 11.5 Å². The molecule has 1 aliphatic rings. The van der Waals surface area contributed by atoms with E-state index in [1.165, 1.54) is 18.2 Å². The number of ether oxygens (including phenoxy) is 2. The van der Waals surface area contributed by atoms with Gasteiger partial charge in [0.2, 0.25) is 0 Å². The van der Waals surface area contributed by atoms with Crippen LogP contribution < -0.4 is 19.7 Å². The number of hydrogen-bond acceptors (Lipinski definition) is 5. The van der Waals surface area contributed by atoms with Gasteiger partial charge in [-0.15, -0.1) is 6.58 Å². The number of nitrogens with one attached hydrogen (secondary N) is 1. The molecule has 0 bridgehead atoms. The maximum atomic E-state index is 13.6. The SMILES string of the molecule is C=CCc1cc(/C=C2\C(=O)NC(=O)N(c3cc(C)cc(C)c3)C2=O)cc(OCC)c1OCc1cccc(F)c1. The topological polar surface area (TPSA) is 84.9 Å². The van der Waals surface area contributed by atoms with E-state index in [4.69, 9.17) is 9.47 Å². The van der Waals surface area contributed by atoms with Gasteiger partial charge in [0.05, 0.1) is 12.3 Å². The summed E-state index contributed by atoms with van der Waals surface area (Å²) in [7, 11) is 0. The zero-order chi connectivity index (χ0) is 28.1. The van der Waals surface area contributed by atoms with Crippen LogP contribution in [0.3, 0.4) is 0 Å². The van der Waals surface area contributed by atoms with Crippen LogP contribution in [0, 0.1) is 19.7 Å². The molecule has 39 heavy (non-hydrogen) atoms. The van der Waals surface area contributed by atoms with Gasteiger partial charge in [0, 0.05) is 5.56 Å². The average molecular weight is 529 g/mol. The Hall–Kier alpha value is -4.72. The first-order chi connectivity index (χ1) is 18.7. The molecule has 1 N–H and O–H groups in total. The summed E-state index contributed by atoms with van der Waals surface area (Å²) in [5.41, 5.74) is 3.76. The number of amides is 4. The highest BCUT2D eigenvalue weighted by Crippen LogP contribution is 2.36. The predicted molar refractivity (Wildman–Crippen MR) is 147 cm³/mol. The van der Waals surface area contributed by atoms with Gasteiger partial charge in [0.25, 0.3) is 11.8 Å². The van der Waals surface area contributed by atoms with Gasteiger partial charge in [0.15, 0.2) is 11.5 Å². The Labute approximate surface area is 226 Å². The van der Waals surface area contributed by atoms with Crippen molar-refractivity contribution < 1.29 is 28.2 Å². The molecule has 8 heteroatoms. The van der Waals surface area contributed by atoms with E-state index >= 15 is 0 Å². The number of imide groups is 2. The molecule has 4 rings (SSSR count). The first kappa shape index (κ1) is 27.3. The van der Waals surface area contributed by atoms with Gasteiger partial charge in [-0.05, 0) is 91.9 Å². The van der Waals surface area contributed by atoms with Crippen molar-refractivity contribution in [1.29, 1.82) is 0 Å². The normalized spacial score (nSPS) is 14.4. The van der Waals surface area contributed by atoms with Crippen molar-refractivity contribution in [2.75, 3.05) is 11.5 Å². The van der Waals surface area contributed by atoms with Crippen LogP contribution in [0.1, 0.15) is 34.7 Å². The zero-order valence-electron chi connectivity index (χ0n) is 22.0. The van der Waals surface area contributed by atoms with Crippen molar-refractivity contribution in [3.05, 3.63) is 106 Å². The van der Waals surface area contributed by atoms with Gasteiger partial charge >= 0.3 is 6.03 Å². The summed E-state index contributed by atoms with van der Waals surface area (Å²) in [5, 5.41) is 2.26. The Kier molecular flexibility index (Phi) is 8.24. The summed E-state index contributed by atoms with van der Waals surface area (Å²) in [6, 6.07) is 14.1. The Morgan fingerprint density at radius 2 is 1.74 bits per heavy atom. The van der Waals surface area contributed by atoms with Crippen molar-refractivity contribution in [2.45, 2.75) is 33.8 Å². The van der Waals surface area contributed by atoms with E-state index < -0.39 is 17.8 Å². The fourth-order valence-corrected chi connectivity index (χ4v) is 4.42. The van der Waals surface area contributed by atoms with E-state index in [0.717, 1.165) is 16.0 Å². The summed E-state index contributed by atoms with van der Waals surface area (Å²) in [4.78, 5) is 39.8. The quantitative estimate of drug-likeness (QED) is 0.215. The van der Waals surface area contributed by atoms with Gasteiger partial charge in [-0.3, -0.25) is 14.9 Å². The molecule has 1 saturated heterocycles. The second kappa shape index (κ2) is 11.8. The molecule has 0 aromatic heterocycles. The number of allylic oxidation sites excluding steroid dienone is 1. The Morgan fingerprint density at radius 1 is 1.00 bits per heavy atom. The van der Waals surface area contributed by atoms with Crippen molar-refractivity contribution in [1.82, 2.24) is 5.32 Å². The van der Waals surface area contributed by atoms with E-state index in [-0.39, 0.29) is 18.0 Å². The number of barbiturate groups is 1. The number of rotatable bonds is 9. The number of hydrogen-bond donors (Lipinski definition) is 1. The minimum Gasteiger partial charge on any atom is -0.490 e. The van der Waals surface area contributed by atoms with Gasteiger partial charge < -0.3 is 9.47 Å². The molecule has 4 amide bonds. The smallest absolute Gasteiger partial charge is 0.335 e. The molecule has 0 spiro atoms. The standard InChI is InChI=1S/C31H29FN2O5/c1-5-8-23-14-22(17-27(38-6-2)28(23)39-18-21-9-7-10-24(32)15-21)16-26-29(35)33-31(37)34(30(26)36)25-12-19(3)11-20(4)13-25/h5,7,9-17H,1,6,8,18H2,2-4H3,(H,33,35,37)/b26-16+. The number of nitrogens with zero attached hydrogens (tertiary/aromatic N) is 1. The number of carbonyl (C=O) groups is 3. The highest BCUT2D eigenvalue weighted by molar-refractivity contribution is 6.39. The van der Waals surface area contributed by atoms with E-state index in [0.29, 0.717) is 46.9 Å². The van der Waals surface area contributed by atoms with Crippen LogP contribution >= 0.6 is 0 Å². The third-order valence-corrected chi connectivity index (χ3v) is 5.97. The predicted octanol–water partition coefficient (Wildman–Crippen LogP) is 5.82. The third-order valence-electron chi connectivity index (χ3n) is 5.97. The molecule has 1 aliphatic heterocycles. The number of urea groups is 1. The Bertz CT molecular complexity index is 1470. The summed E-state index contributed by atoms with van der Waals surface area (Å²) in [6.07, 6.45) is 3.52. The van der Waals surface area contributed by atoms with Crippen LogP contribution in [-0.4, -0.2) is 24.5 Å². The minimum absolute atomic E-state index is 0.107. The van der Waals surface area contributed by atoms with E-state index in [1.807, 2.05) is 26.8 Å². The molecule has 0 unspecified atom stereocenters. The first-order valence-electron chi connectivity index (χ1n) is 12.5. The summed E-state index contributed by atoms with van der Waals surface area (Å²) in [5.74, 6) is -1.04. The van der Waals surface area contributed by atoms with Gasteiger partial charge in [0.1, 0.15) is 18.0 Å². The van der Waals surface area contributed by atoms with Crippen molar-refractivity contribution in [3.8, 4) is 11.5 Å². The molecule has 0 saturated carbocycles. The van der Waals surface area contributed by atoms with Crippen molar-refractivity contribution in [2.24, 2.45) is 0 Å². The molecule has 0 radical (unpaired) electrons. The maximum absolute atomic E-state index is 13.6. The Balaban J connectivity index is 1.73. The number of carbonyl (C=O) groups excluding carboxylic acids is 3. The molecular weight excluding hydrogens is 499 g/mol. The van der Waals surface area contributed by atoms with Gasteiger partial charge in [-0.2, -0.15) is 0 Å². The molecule has 0 atom stereocenters. The average Bonchev–Trinajstić information content (AvgIpc) is 2.86. The third kappa shape index (κ3) is 6.23. The number of aryl methyl sites for hydroxylation is 2. The lowest BCUT2D eigenvalue weighted by Crippen LogP contribution is -2.54. The second-order valence-corrected chi connectivity index (χ2v) is 9.16. The largest absolute Gasteiger partial charge is 0.490 e. The summed E-state index contributed by atoms with van der Waals surface area (Å²) in [6.45, 7) is 9.79. The lowest BCUT2D eigenvalue weighted by atomic mass is 10.0. The first-order valence-corrected chi connectivity index (χ1v) is 12.5. The maximum Gasteiger partial charge on any atom is 0.335 e. The Morgan fingerprint density at radius 3 is 2.41 bits per heavy atom. The lowest BCUT2D eigenvalue weighted by Gasteiger charge is -2.27. The van der Waals surface area contributed by atoms with Gasteiger partial charge in [-0.1, -0.05) is 24.3 Å². The van der Waals surface area contributed by atoms with Crippen LogP contribution in [0.2, 0.25) is 0 Å². The summed E-state index contributed by atoms with van der Waals surface area (Å²) < 4.78 is 25.5. The number of halogens is 1. The molecule has 1 fully saturated rings. The number of anilines is 1. The van der Waals surface area contributed by atoms with Crippen molar-refractivity contribution in [3.63, 3.8) is 0 Å². The van der Waals surface area contributed by atoms with Crippen LogP contribution in [-0.2, 0) is 22.6 Å². The van der Waals surface area contributed by atoms with Crippen LogP contribution in [0.4, 0.5) is 14.9 Å². The van der Waals surface area contributed by atoms with Crippen LogP contribution in [0.15, 0.2) is 72.8 Å². The second-order valence-electron chi connectivity index (χ2n) is 9.16. The molecular formula is C31H29FN2O5. The molecule has 1 heterocycles. The highest BCUT2D eigenvalue weighted by atomic mass is 19.1. The van der Waals surface area contributed by atoms with Crippen LogP contribution in [0.25, 0.3) is 6.08 Å². The minimum atomic E-state index is -0.810. The molecule has 3 aromatic carbocycles. The van der Waals surface area contributed by atoms with Gasteiger partial charge in [-0.25, -0.2) is 14.1 Å². The molecule has 3 aromatic rings. The summed E-state index contributed by atoms with van der Waals surface area (Å²) >= 11 is 0. The van der Waals surface area contributed by atoms with E-state index in [1.54, 1.807) is 42.5 Å². The molecule has 0 aliphatic carbocycles. The fourth-order valence-electron chi connectivity index (χ4n) is 4.42. The lowest BCUT2D eigenvalue weighted by molar-refractivity contribution is -0.122. The van der Waals surface area contributed by atoms with Crippen molar-refractivity contribution >= 4 is 29.6 Å². The monoisotopic (exact) mass is 528 g/mol. The fraction of sp³-hybridized carbons (Fsp3) is 0.194. The van der Waals surface area contributed by atoms with E-state index in [9.17, 15) is 18.8 Å². The molecule has 200 valence electrons.